The molecule has 1 aromatic heterocycles. The Morgan fingerprint density at radius 1 is 1.42 bits per heavy atom. The third kappa shape index (κ3) is 2.70. The Hall–Kier alpha value is -0.760. The van der Waals surface area contributed by atoms with Crippen molar-refractivity contribution in [2.45, 2.75) is 26.8 Å². The summed E-state index contributed by atoms with van der Waals surface area (Å²) in [5, 5.41) is 3.39. The molecule has 0 saturated carbocycles. The van der Waals surface area contributed by atoms with Gasteiger partial charge in [0.2, 0.25) is 0 Å². The van der Waals surface area contributed by atoms with Crippen molar-refractivity contribution in [1.82, 2.24) is 5.32 Å². The highest BCUT2D eigenvalue weighted by Gasteiger charge is 2.06. The summed E-state index contributed by atoms with van der Waals surface area (Å²) in [7, 11) is 0. The molecule has 0 aliphatic rings. The number of hydrogen-bond acceptors (Lipinski definition) is 2. The van der Waals surface area contributed by atoms with Crippen molar-refractivity contribution >= 4 is 0 Å². The summed E-state index contributed by atoms with van der Waals surface area (Å²) < 4.78 is 5.27. The average Bonchev–Trinajstić information content (AvgIpc) is 2.51. The van der Waals surface area contributed by atoms with E-state index in [2.05, 4.69) is 26.1 Å². The van der Waals surface area contributed by atoms with E-state index in [1.165, 1.54) is 0 Å². The zero-order chi connectivity index (χ0) is 8.97. The molecule has 1 aromatic rings. The van der Waals surface area contributed by atoms with Crippen molar-refractivity contribution in [1.29, 1.82) is 0 Å². The first-order valence-electron chi connectivity index (χ1n) is 4.47. The fourth-order valence-corrected chi connectivity index (χ4v) is 1.05. The molecule has 0 aliphatic carbocycles. The smallest absolute Gasteiger partial charge is 0.120 e. The Balaban J connectivity index is 2.34. The number of furan rings is 1. The fourth-order valence-electron chi connectivity index (χ4n) is 1.05. The van der Waals surface area contributed by atoms with Gasteiger partial charge in [0.05, 0.1) is 12.3 Å². The van der Waals surface area contributed by atoms with Gasteiger partial charge < -0.3 is 9.73 Å². The molecule has 1 heterocycles. The second-order valence-corrected chi connectivity index (χ2v) is 3.54. The Kier molecular flexibility index (Phi) is 3.35. The van der Waals surface area contributed by atoms with Crippen LogP contribution in [0, 0.1) is 5.92 Å². The van der Waals surface area contributed by atoms with E-state index in [1.807, 2.05) is 12.1 Å². The lowest BCUT2D eigenvalue weighted by atomic mass is 10.2. The van der Waals surface area contributed by atoms with E-state index < -0.39 is 0 Å². The monoisotopic (exact) mass is 167 g/mol. The molecule has 0 radical (unpaired) electrons. The van der Waals surface area contributed by atoms with Gasteiger partial charge in [-0.2, -0.15) is 0 Å². The quantitative estimate of drug-likeness (QED) is 0.745. The molecule has 1 atom stereocenters. The van der Waals surface area contributed by atoms with Crippen LogP contribution in [0.15, 0.2) is 22.8 Å². The standard InChI is InChI=1S/C10H17NO/c1-8(2)7-11-9(3)10-5-4-6-12-10/h4-6,8-9,11H,7H2,1-3H3/t9-/m1/s1. The van der Waals surface area contributed by atoms with Crippen LogP contribution in [0.2, 0.25) is 0 Å². The summed E-state index contributed by atoms with van der Waals surface area (Å²) in [4.78, 5) is 0. The van der Waals surface area contributed by atoms with Crippen LogP contribution in [0.5, 0.6) is 0 Å². The average molecular weight is 167 g/mol. The molecule has 0 spiro atoms. The summed E-state index contributed by atoms with van der Waals surface area (Å²) in [6.45, 7) is 7.53. The zero-order valence-corrected chi connectivity index (χ0v) is 8.00. The first kappa shape index (κ1) is 9.33. The molecule has 0 aromatic carbocycles. The van der Waals surface area contributed by atoms with Crippen LogP contribution in [0.25, 0.3) is 0 Å². The molecule has 0 amide bonds. The van der Waals surface area contributed by atoms with Crippen LogP contribution in [-0.4, -0.2) is 6.54 Å². The number of hydrogen-bond donors (Lipinski definition) is 1. The lowest BCUT2D eigenvalue weighted by molar-refractivity contribution is 0.412. The highest BCUT2D eigenvalue weighted by Crippen LogP contribution is 2.11. The van der Waals surface area contributed by atoms with E-state index in [9.17, 15) is 0 Å². The maximum Gasteiger partial charge on any atom is 0.120 e. The van der Waals surface area contributed by atoms with E-state index in [0.717, 1.165) is 12.3 Å². The maximum atomic E-state index is 5.27. The van der Waals surface area contributed by atoms with Crippen LogP contribution < -0.4 is 5.32 Å². The highest BCUT2D eigenvalue weighted by molar-refractivity contribution is 5.02. The van der Waals surface area contributed by atoms with Gasteiger partial charge in [-0.1, -0.05) is 13.8 Å². The normalized spacial score (nSPS) is 13.7. The van der Waals surface area contributed by atoms with Gasteiger partial charge in [-0.15, -0.1) is 0 Å². The third-order valence-electron chi connectivity index (χ3n) is 1.80. The predicted octanol–water partition coefficient (Wildman–Crippen LogP) is 2.59. The van der Waals surface area contributed by atoms with Crippen molar-refractivity contribution in [3.05, 3.63) is 24.2 Å². The van der Waals surface area contributed by atoms with Crippen molar-refractivity contribution < 1.29 is 4.42 Å². The topological polar surface area (TPSA) is 25.2 Å². The van der Waals surface area contributed by atoms with Gasteiger partial charge in [0.15, 0.2) is 0 Å². The molecule has 0 unspecified atom stereocenters. The summed E-state index contributed by atoms with van der Waals surface area (Å²) >= 11 is 0. The van der Waals surface area contributed by atoms with Gasteiger partial charge in [-0.25, -0.2) is 0 Å². The van der Waals surface area contributed by atoms with Gasteiger partial charge in [0.25, 0.3) is 0 Å². The molecule has 0 fully saturated rings. The van der Waals surface area contributed by atoms with Gasteiger partial charge in [-0.3, -0.25) is 0 Å². The summed E-state index contributed by atoms with van der Waals surface area (Å²) in [5.74, 6) is 1.69. The van der Waals surface area contributed by atoms with Crippen LogP contribution >= 0.6 is 0 Å². The van der Waals surface area contributed by atoms with E-state index >= 15 is 0 Å². The molecule has 1 N–H and O–H groups in total. The van der Waals surface area contributed by atoms with Gasteiger partial charge in [0, 0.05) is 0 Å². The van der Waals surface area contributed by atoms with Crippen LogP contribution in [0.4, 0.5) is 0 Å². The molecule has 2 nitrogen and oxygen atoms in total. The van der Waals surface area contributed by atoms with E-state index in [1.54, 1.807) is 6.26 Å². The first-order chi connectivity index (χ1) is 5.70. The van der Waals surface area contributed by atoms with Crippen molar-refractivity contribution in [3.8, 4) is 0 Å². The summed E-state index contributed by atoms with van der Waals surface area (Å²) in [6, 6.07) is 4.24. The Morgan fingerprint density at radius 2 is 2.17 bits per heavy atom. The number of nitrogens with one attached hydrogen (secondary N) is 1. The summed E-state index contributed by atoms with van der Waals surface area (Å²) in [6.07, 6.45) is 1.71. The molecular formula is C10H17NO. The zero-order valence-electron chi connectivity index (χ0n) is 8.00. The maximum absolute atomic E-state index is 5.27. The van der Waals surface area contributed by atoms with E-state index in [4.69, 9.17) is 4.42 Å². The first-order valence-corrected chi connectivity index (χ1v) is 4.47. The molecule has 1 rings (SSSR count). The largest absolute Gasteiger partial charge is 0.468 e. The van der Waals surface area contributed by atoms with E-state index in [-0.39, 0.29) is 0 Å². The van der Waals surface area contributed by atoms with Crippen LogP contribution in [0.1, 0.15) is 32.6 Å². The lowest BCUT2D eigenvalue weighted by Crippen LogP contribution is -2.22. The SMILES string of the molecule is CC(C)CN[C@H](C)c1ccco1. The minimum absolute atomic E-state index is 0.322. The minimum Gasteiger partial charge on any atom is -0.468 e. The Bertz CT molecular complexity index is 204. The van der Waals surface area contributed by atoms with Gasteiger partial charge in [-0.05, 0) is 31.5 Å². The van der Waals surface area contributed by atoms with E-state index in [0.29, 0.717) is 12.0 Å². The molecular weight excluding hydrogens is 150 g/mol. The summed E-state index contributed by atoms with van der Waals surface area (Å²) in [5.41, 5.74) is 0. The molecule has 2 heteroatoms. The molecule has 12 heavy (non-hydrogen) atoms. The Labute approximate surface area is 74.0 Å². The second kappa shape index (κ2) is 4.31. The molecule has 0 bridgehead atoms. The lowest BCUT2D eigenvalue weighted by Gasteiger charge is -2.12. The fraction of sp³-hybridized carbons (Fsp3) is 0.600. The highest BCUT2D eigenvalue weighted by atomic mass is 16.3. The molecule has 0 aliphatic heterocycles. The van der Waals surface area contributed by atoms with Crippen molar-refractivity contribution in [3.63, 3.8) is 0 Å². The Morgan fingerprint density at radius 3 is 2.67 bits per heavy atom. The van der Waals surface area contributed by atoms with Gasteiger partial charge in [0.1, 0.15) is 5.76 Å². The van der Waals surface area contributed by atoms with Crippen LogP contribution in [-0.2, 0) is 0 Å². The van der Waals surface area contributed by atoms with Gasteiger partial charge >= 0.3 is 0 Å². The predicted molar refractivity (Wildman–Crippen MR) is 50.0 cm³/mol. The van der Waals surface area contributed by atoms with Crippen molar-refractivity contribution in [2.75, 3.05) is 6.54 Å². The molecule has 0 saturated heterocycles. The number of rotatable bonds is 4. The second-order valence-electron chi connectivity index (χ2n) is 3.54. The minimum atomic E-state index is 0.322. The molecule has 68 valence electrons. The third-order valence-corrected chi connectivity index (χ3v) is 1.80. The van der Waals surface area contributed by atoms with Crippen molar-refractivity contribution in [2.24, 2.45) is 5.92 Å². The van der Waals surface area contributed by atoms with Crippen LogP contribution in [0.3, 0.4) is 0 Å².